The van der Waals surface area contributed by atoms with Crippen molar-refractivity contribution in [3.05, 3.63) is 0 Å². The maximum absolute atomic E-state index is 14.4. The first-order valence-electron chi connectivity index (χ1n) is 41.8. The van der Waals surface area contributed by atoms with Crippen molar-refractivity contribution in [2.45, 2.75) is 402 Å². The number of ether oxygens (including phenoxy) is 10. The zero-order chi connectivity index (χ0) is 70.9. The van der Waals surface area contributed by atoms with Gasteiger partial charge in [0.15, 0.2) is 18.9 Å². The smallest absolute Gasteiger partial charge is 0.305 e. The highest BCUT2D eigenvalue weighted by Crippen LogP contribution is 2.71. The normalized spacial score (nSPS) is 19.8. The summed E-state index contributed by atoms with van der Waals surface area (Å²) in [5, 5.41) is 0. The van der Waals surface area contributed by atoms with E-state index in [2.05, 4.69) is 60.3 Å². The molecule has 2 unspecified atom stereocenters. The summed E-state index contributed by atoms with van der Waals surface area (Å²) in [7, 11) is 0. The summed E-state index contributed by atoms with van der Waals surface area (Å²) in [6, 6.07) is 0. The van der Waals surface area contributed by atoms with E-state index < -0.39 is 40.5 Å². The highest BCUT2D eigenvalue weighted by molar-refractivity contribution is 5.70. The second-order valence-electron chi connectivity index (χ2n) is 30.9. The van der Waals surface area contributed by atoms with Crippen molar-refractivity contribution in [3.8, 4) is 0 Å². The molecular formula is C83H155NO14. The van der Waals surface area contributed by atoms with Gasteiger partial charge in [-0.05, 0) is 110 Å². The van der Waals surface area contributed by atoms with Crippen molar-refractivity contribution in [1.82, 2.24) is 4.90 Å². The molecule has 2 atom stereocenters. The molecule has 4 rings (SSSR count). The van der Waals surface area contributed by atoms with Gasteiger partial charge in [-0.25, -0.2) is 0 Å². The van der Waals surface area contributed by atoms with Gasteiger partial charge in [0.1, 0.15) is 0 Å². The Bertz CT molecular complexity index is 1800. The average Bonchev–Trinajstić information content (AvgIpc) is 1.45. The van der Waals surface area contributed by atoms with Crippen LogP contribution in [0.2, 0.25) is 0 Å². The lowest BCUT2D eigenvalue weighted by molar-refractivity contribution is -0.190. The second kappa shape index (κ2) is 57.9. The van der Waals surface area contributed by atoms with Crippen molar-refractivity contribution in [2.24, 2.45) is 21.7 Å². The lowest BCUT2D eigenvalue weighted by Crippen LogP contribution is -2.56. The summed E-state index contributed by atoms with van der Waals surface area (Å²) in [6.45, 7) is 24.7. The predicted molar refractivity (Wildman–Crippen MR) is 398 cm³/mol. The quantitative estimate of drug-likeness (QED) is 0.0244. The molecule has 0 aromatic rings. The molecule has 4 aliphatic carbocycles. The number of fused-ring (bicyclic) bond motifs is 1. The first-order chi connectivity index (χ1) is 47.8. The maximum Gasteiger partial charge on any atom is 0.305 e. The first-order valence-corrected chi connectivity index (χ1v) is 41.8. The van der Waals surface area contributed by atoms with E-state index in [9.17, 15) is 19.2 Å². The number of hydrogen-bond donors (Lipinski definition) is 0. The van der Waals surface area contributed by atoms with Crippen LogP contribution in [0.15, 0.2) is 0 Å². The summed E-state index contributed by atoms with van der Waals surface area (Å²) in [4.78, 5) is 59.2. The van der Waals surface area contributed by atoms with E-state index in [1.807, 2.05) is 0 Å². The van der Waals surface area contributed by atoms with E-state index in [0.29, 0.717) is 104 Å². The van der Waals surface area contributed by atoms with E-state index in [0.717, 1.165) is 110 Å². The molecule has 0 radical (unpaired) electrons. The first kappa shape index (κ1) is 89.8. The fourth-order valence-electron chi connectivity index (χ4n) is 16.2. The van der Waals surface area contributed by atoms with Crippen molar-refractivity contribution in [3.63, 3.8) is 0 Å². The van der Waals surface area contributed by atoms with Gasteiger partial charge in [0, 0.05) is 87.0 Å². The number of esters is 4. The van der Waals surface area contributed by atoms with Crippen LogP contribution in [-0.2, 0) is 66.5 Å². The molecule has 4 aliphatic rings. The Morgan fingerprint density at radius 3 is 0.735 bits per heavy atom. The second-order valence-corrected chi connectivity index (χ2v) is 30.9. The summed E-state index contributed by atoms with van der Waals surface area (Å²) in [5.41, 5.74) is -2.20. The molecule has 576 valence electrons. The molecule has 0 heterocycles. The van der Waals surface area contributed by atoms with Gasteiger partial charge in [-0.15, -0.1) is 0 Å². The third-order valence-corrected chi connectivity index (χ3v) is 21.4. The van der Waals surface area contributed by atoms with Crippen molar-refractivity contribution >= 4 is 23.9 Å². The minimum Gasteiger partial charge on any atom is -0.465 e. The van der Waals surface area contributed by atoms with Crippen molar-refractivity contribution < 1.29 is 66.5 Å². The molecule has 0 N–H and O–H groups in total. The van der Waals surface area contributed by atoms with Gasteiger partial charge in [-0.1, -0.05) is 248 Å². The lowest BCUT2D eigenvalue weighted by Gasteiger charge is -2.60. The summed E-state index contributed by atoms with van der Waals surface area (Å²) in [6.07, 6.45) is 47.7. The number of carbonyl (C=O) groups excluding carboxylic acids is 4. The molecule has 4 saturated carbocycles. The minimum atomic E-state index is -0.585. The Labute approximate surface area is 601 Å². The maximum atomic E-state index is 14.4. The van der Waals surface area contributed by atoms with Gasteiger partial charge in [0.05, 0.1) is 45.7 Å². The molecule has 0 aliphatic heterocycles. The van der Waals surface area contributed by atoms with Crippen LogP contribution >= 0.6 is 0 Å². The van der Waals surface area contributed by atoms with Gasteiger partial charge >= 0.3 is 23.9 Å². The van der Waals surface area contributed by atoms with Gasteiger partial charge < -0.3 is 52.3 Å². The van der Waals surface area contributed by atoms with Crippen LogP contribution in [-0.4, -0.2) is 133 Å². The van der Waals surface area contributed by atoms with E-state index in [4.69, 9.17) is 47.4 Å². The third-order valence-electron chi connectivity index (χ3n) is 21.4. The van der Waals surface area contributed by atoms with Crippen molar-refractivity contribution in [2.75, 3.05) is 85.7 Å². The lowest BCUT2D eigenvalue weighted by atomic mass is 9.46. The molecule has 4 bridgehead atoms. The number of carbonyl (C=O) groups is 4. The minimum absolute atomic E-state index is 0.147. The van der Waals surface area contributed by atoms with E-state index in [1.54, 1.807) is 0 Å². The molecule has 0 aromatic heterocycles. The number of nitrogens with zero attached hydrogens (tertiary/aromatic N) is 1. The number of hydrogen-bond acceptors (Lipinski definition) is 15. The molecule has 0 amide bonds. The van der Waals surface area contributed by atoms with Gasteiger partial charge in [-0.3, -0.25) is 19.2 Å². The van der Waals surface area contributed by atoms with E-state index in [1.165, 1.54) is 154 Å². The van der Waals surface area contributed by atoms with Crippen LogP contribution in [0.4, 0.5) is 0 Å². The fraction of sp³-hybridized carbons (Fsp3) is 0.952. The van der Waals surface area contributed by atoms with Gasteiger partial charge in [0.2, 0.25) is 0 Å². The molecule has 15 heteroatoms. The number of rotatable bonds is 71. The number of unbranched alkanes of at least 4 members (excludes halogenated alkanes) is 30. The molecule has 15 nitrogen and oxygen atoms in total. The van der Waals surface area contributed by atoms with E-state index in [-0.39, 0.29) is 69.6 Å². The van der Waals surface area contributed by atoms with Crippen LogP contribution in [0.25, 0.3) is 0 Å². The van der Waals surface area contributed by atoms with Crippen LogP contribution in [0, 0.1) is 21.7 Å². The Hall–Kier alpha value is -2.40. The summed E-state index contributed by atoms with van der Waals surface area (Å²) < 4.78 is 64.4. The third kappa shape index (κ3) is 42.4. The Morgan fingerprint density at radius 2 is 0.490 bits per heavy atom. The van der Waals surface area contributed by atoms with Gasteiger partial charge in [-0.2, -0.15) is 0 Å². The zero-order valence-electron chi connectivity index (χ0n) is 65.1. The topological polar surface area (TPSA) is 164 Å². The molecule has 0 aromatic carbocycles. The molecule has 0 spiro atoms. The average molecular weight is 1390 g/mol. The Morgan fingerprint density at radius 1 is 0.276 bits per heavy atom. The van der Waals surface area contributed by atoms with E-state index >= 15 is 0 Å². The van der Waals surface area contributed by atoms with Crippen LogP contribution in [0.5, 0.6) is 0 Å². The SMILES string of the molecule is CCCCCCCCOC(CCC(=O)OCC12CCC3(COC(=O)CCCN(CC)CC)CC(COC(=O)CCC(OCCCCCCCC)OCCCCCCCC)(C1)CC(COC(=O)CCC(OCCCCCCCC)OCCCCCCCC)(C3)C2)OCCCCCCCC. The molecule has 4 fully saturated rings. The largest absolute Gasteiger partial charge is 0.465 e. The molecular weight excluding hydrogens is 1230 g/mol. The molecule has 0 saturated heterocycles. The Kier molecular flexibility index (Phi) is 53.1. The van der Waals surface area contributed by atoms with Crippen LogP contribution < -0.4 is 0 Å². The standard InChI is InChI=1S/C83H155NO14/c1-9-17-23-29-35-41-58-89-77(90-59-42-36-30-24-18-10-2)52-49-74(86)96-70-81-56-55-80(69-95-73(85)48-47-57-84(15-7)16-8)64-82(66-81,71-97-75(87)50-53-78(91-60-43-37-31-25-19-11-3)92-61-44-38-32-26-20-12-4)68-83(65-80,67-81)72-98-76(88)51-54-79(93-62-45-39-33-27-21-13-5)94-63-46-40-34-28-22-14-6/h77-79H,9-72H2,1-8H3. The summed E-state index contributed by atoms with van der Waals surface area (Å²) >= 11 is 0. The predicted octanol–water partition coefficient (Wildman–Crippen LogP) is 21.6. The highest BCUT2D eigenvalue weighted by atomic mass is 16.7. The fourth-order valence-corrected chi connectivity index (χ4v) is 16.2. The van der Waals surface area contributed by atoms with Crippen molar-refractivity contribution in [1.29, 1.82) is 0 Å². The monoisotopic (exact) mass is 1390 g/mol. The Balaban J connectivity index is 1.96. The zero-order valence-corrected chi connectivity index (χ0v) is 65.1. The van der Waals surface area contributed by atoms with Crippen LogP contribution in [0.1, 0.15) is 383 Å². The molecule has 98 heavy (non-hydrogen) atoms. The highest BCUT2D eigenvalue weighted by Gasteiger charge is 2.66. The van der Waals surface area contributed by atoms with Crippen LogP contribution in [0.3, 0.4) is 0 Å². The van der Waals surface area contributed by atoms with Gasteiger partial charge in [0.25, 0.3) is 0 Å². The summed E-state index contributed by atoms with van der Waals surface area (Å²) in [5.74, 6) is -1.10.